The van der Waals surface area contributed by atoms with E-state index in [4.69, 9.17) is 0 Å². The van der Waals surface area contributed by atoms with E-state index in [1.54, 1.807) is 7.05 Å². The number of likely N-dealkylation sites (N-methyl/N-ethyl adjacent to an activating group) is 1. The van der Waals surface area contributed by atoms with E-state index in [2.05, 4.69) is 15.7 Å². The summed E-state index contributed by atoms with van der Waals surface area (Å²) in [5, 5.41) is 11.0. The van der Waals surface area contributed by atoms with Crippen molar-refractivity contribution in [1.29, 1.82) is 0 Å². The molecule has 1 aromatic heterocycles. The molecule has 5 heteroatoms. The van der Waals surface area contributed by atoms with Crippen molar-refractivity contribution in [2.45, 2.75) is 13.5 Å². The van der Waals surface area contributed by atoms with Gasteiger partial charge in [-0.15, -0.1) is 0 Å². The van der Waals surface area contributed by atoms with Crippen LogP contribution in [-0.4, -0.2) is 29.3 Å². The predicted octanol–water partition coefficient (Wildman–Crippen LogP) is 1.21. The van der Waals surface area contributed by atoms with Crippen molar-refractivity contribution in [3.63, 3.8) is 0 Å². The summed E-state index contributed by atoms with van der Waals surface area (Å²) < 4.78 is 1.91. The third-order valence-electron chi connectivity index (χ3n) is 2.57. The van der Waals surface area contributed by atoms with E-state index in [1.807, 2.05) is 36.0 Å². The number of rotatable bonds is 4. The Balaban J connectivity index is 2.27. The van der Waals surface area contributed by atoms with Gasteiger partial charge in [0.15, 0.2) is 0 Å². The zero-order valence-electron chi connectivity index (χ0n) is 10.0. The van der Waals surface area contributed by atoms with Gasteiger partial charge in [0.25, 0.3) is 0 Å². The third-order valence-corrected chi connectivity index (χ3v) is 2.57. The lowest BCUT2D eigenvalue weighted by Crippen LogP contribution is -2.25. The number of nitrogens with zero attached hydrogens (tertiary/aromatic N) is 2. The van der Waals surface area contributed by atoms with Gasteiger partial charge in [-0.25, -0.2) is 0 Å². The summed E-state index contributed by atoms with van der Waals surface area (Å²) in [6.45, 7) is 3.17. The number of carbonyl (C=O) groups is 1. The first-order valence-corrected chi connectivity index (χ1v) is 5.64. The van der Waals surface area contributed by atoms with Crippen molar-refractivity contribution in [2.75, 3.05) is 18.9 Å². The fraction of sp³-hybridized carbons (Fsp3) is 0.333. The number of hydrogen-bond acceptors (Lipinski definition) is 3. The van der Waals surface area contributed by atoms with Crippen LogP contribution in [0, 0.1) is 0 Å². The lowest BCUT2D eigenvalue weighted by molar-refractivity contribution is -0.115. The minimum absolute atomic E-state index is 0.0468. The predicted molar refractivity (Wildman–Crippen MR) is 68.0 cm³/mol. The Morgan fingerprint density at radius 3 is 3.00 bits per heavy atom. The molecule has 0 bridgehead atoms. The number of amides is 1. The van der Waals surface area contributed by atoms with Crippen LogP contribution < -0.4 is 10.6 Å². The van der Waals surface area contributed by atoms with Gasteiger partial charge in [-0.05, 0) is 32.2 Å². The molecule has 5 nitrogen and oxygen atoms in total. The average molecular weight is 232 g/mol. The van der Waals surface area contributed by atoms with Crippen molar-refractivity contribution in [2.24, 2.45) is 0 Å². The van der Waals surface area contributed by atoms with E-state index < -0.39 is 0 Å². The summed E-state index contributed by atoms with van der Waals surface area (Å²) in [5.74, 6) is -0.0468. The number of nitrogens with one attached hydrogen (secondary N) is 2. The Morgan fingerprint density at radius 2 is 2.29 bits per heavy atom. The summed E-state index contributed by atoms with van der Waals surface area (Å²) in [6.07, 6.45) is 1.83. The SMILES string of the molecule is CCn1ncc2ccc(NC(=O)CNC)cc21. The normalized spacial score (nSPS) is 10.7. The van der Waals surface area contributed by atoms with E-state index >= 15 is 0 Å². The molecule has 90 valence electrons. The summed E-state index contributed by atoms with van der Waals surface area (Å²) in [6, 6.07) is 5.79. The summed E-state index contributed by atoms with van der Waals surface area (Å²) >= 11 is 0. The number of benzene rings is 1. The molecular weight excluding hydrogens is 216 g/mol. The van der Waals surface area contributed by atoms with Gasteiger partial charge in [-0.3, -0.25) is 9.48 Å². The van der Waals surface area contributed by atoms with Gasteiger partial charge >= 0.3 is 0 Å². The molecule has 2 aromatic rings. The van der Waals surface area contributed by atoms with Gasteiger partial charge in [-0.1, -0.05) is 0 Å². The van der Waals surface area contributed by atoms with E-state index in [0.717, 1.165) is 23.1 Å². The average Bonchev–Trinajstić information content (AvgIpc) is 2.71. The Hall–Kier alpha value is -1.88. The molecule has 0 saturated heterocycles. The van der Waals surface area contributed by atoms with Crippen molar-refractivity contribution < 1.29 is 4.79 Å². The molecule has 0 saturated carbocycles. The van der Waals surface area contributed by atoms with Gasteiger partial charge in [0, 0.05) is 17.6 Å². The van der Waals surface area contributed by atoms with Crippen LogP contribution in [0.4, 0.5) is 5.69 Å². The van der Waals surface area contributed by atoms with E-state index in [1.165, 1.54) is 0 Å². The van der Waals surface area contributed by atoms with Crippen LogP contribution in [-0.2, 0) is 11.3 Å². The molecule has 0 aliphatic heterocycles. The lowest BCUT2D eigenvalue weighted by Gasteiger charge is -2.05. The maximum atomic E-state index is 11.4. The van der Waals surface area contributed by atoms with Crippen molar-refractivity contribution in [3.8, 4) is 0 Å². The van der Waals surface area contributed by atoms with Crippen LogP contribution in [0.25, 0.3) is 10.9 Å². The second-order valence-electron chi connectivity index (χ2n) is 3.81. The minimum Gasteiger partial charge on any atom is -0.325 e. The molecule has 0 aliphatic carbocycles. The first kappa shape index (κ1) is 11.6. The van der Waals surface area contributed by atoms with E-state index in [0.29, 0.717) is 6.54 Å². The molecule has 2 N–H and O–H groups in total. The minimum atomic E-state index is -0.0468. The Morgan fingerprint density at radius 1 is 1.47 bits per heavy atom. The molecule has 1 aromatic carbocycles. The second-order valence-corrected chi connectivity index (χ2v) is 3.81. The number of aromatic nitrogens is 2. The van der Waals surface area contributed by atoms with Crippen LogP contribution in [0.2, 0.25) is 0 Å². The molecule has 0 unspecified atom stereocenters. The maximum Gasteiger partial charge on any atom is 0.238 e. The van der Waals surface area contributed by atoms with E-state index in [9.17, 15) is 4.79 Å². The third kappa shape index (κ3) is 2.45. The van der Waals surface area contributed by atoms with Crippen molar-refractivity contribution in [1.82, 2.24) is 15.1 Å². The highest BCUT2D eigenvalue weighted by Gasteiger charge is 2.04. The van der Waals surface area contributed by atoms with Crippen LogP contribution in [0.1, 0.15) is 6.92 Å². The smallest absolute Gasteiger partial charge is 0.238 e. The molecule has 0 aliphatic rings. The first-order valence-electron chi connectivity index (χ1n) is 5.64. The zero-order chi connectivity index (χ0) is 12.3. The Bertz CT molecular complexity index is 532. The number of hydrogen-bond donors (Lipinski definition) is 2. The fourth-order valence-electron chi connectivity index (χ4n) is 1.77. The van der Waals surface area contributed by atoms with E-state index in [-0.39, 0.29) is 5.91 Å². The highest BCUT2D eigenvalue weighted by molar-refractivity contribution is 5.94. The summed E-state index contributed by atoms with van der Waals surface area (Å²) in [7, 11) is 1.74. The molecule has 1 amide bonds. The number of carbonyl (C=O) groups excluding carboxylic acids is 1. The molecule has 0 spiro atoms. The van der Waals surface area contributed by atoms with Crippen LogP contribution in [0.5, 0.6) is 0 Å². The van der Waals surface area contributed by atoms with Gasteiger partial charge in [0.1, 0.15) is 0 Å². The van der Waals surface area contributed by atoms with Crippen LogP contribution in [0.15, 0.2) is 24.4 Å². The number of aryl methyl sites for hydroxylation is 1. The Labute approximate surface area is 99.8 Å². The largest absolute Gasteiger partial charge is 0.325 e. The van der Waals surface area contributed by atoms with Crippen LogP contribution >= 0.6 is 0 Å². The fourth-order valence-corrected chi connectivity index (χ4v) is 1.77. The highest BCUT2D eigenvalue weighted by atomic mass is 16.1. The molecule has 17 heavy (non-hydrogen) atoms. The summed E-state index contributed by atoms with van der Waals surface area (Å²) in [4.78, 5) is 11.4. The zero-order valence-corrected chi connectivity index (χ0v) is 10.0. The highest BCUT2D eigenvalue weighted by Crippen LogP contribution is 2.18. The lowest BCUT2D eigenvalue weighted by atomic mass is 10.2. The standard InChI is InChI=1S/C12H16N4O/c1-3-16-11-6-10(15-12(17)8-13-2)5-4-9(11)7-14-16/h4-7,13H,3,8H2,1-2H3,(H,15,17). The van der Waals surface area contributed by atoms with Gasteiger partial charge in [0.05, 0.1) is 18.3 Å². The molecule has 0 radical (unpaired) electrons. The molecular formula is C12H16N4O. The molecule has 2 rings (SSSR count). The van der Waals surface area contributed by atoms with Gasteiger partial charge in [0.2, 0.25) is 5.91 Å². The Kier molecular flexibility index (Phi) is 3.39. The molecule has 1 heterocycles. The monoisotopic (exact) mass is 232 g/mol. The second kappa shape index (κ2) is 4.97. The van der Waals surface area contributed by atoms with Gasteiger partial charge in [-0.2, -0.15) is 5.10 Å². The quantitative estimate of drug-likeness (QED) is 0.833. The number of anilines is 1. The molecule has 0 fully saturated rings. The first-order chi connectivity index (χ1) is 8.24. The topological polar surface area (TPSA) is 59.0 Å². The summed E-state index contributed by atoms with van der Waals surface area (Å²) in [5.41, 5.74) is 1.84. The maximum absolute atomic E-state index is 11.4. The number of fused-ring (bicyclic) bond motifs is 1. The van der Waals surface area contributed by atoms with Crippen LogP contribution in [0.3, 0.4) is 0 Å². The van der Waals surface area contributed by atoms with Gasteiger partial charge < -0.3 is 10.6 Å². The van der Waals surface area contributed by atoms with Crippen molar-refractivity contribution >= 4 is 22.5 Å². The molecule has 0 atom stereocenters. The van der Waals surface area contributed by atoms with Crippen molar-refractivity contribution in [3.05, 3.63) is 24.4 Å².